The summed E-state index contributed by atoms with van der Waals surface area (Å²) in [6, 6.07) is 15.5. The summed E-state index contributed by atoms with van der Waals surface area (Å²) in [6.45, 7) is 4.14. The summed E-state index contributed by atoms with van der Waals surface area (Å²) in [5.74, 6) is 0.733. The maximum absolute atomic E-state index is 13.0. The topological polar surface area (TPSA) is 91.1 Å². The zero-order chi connectivity index (χ0) is 21.5. The Kier molecular flexibility index (Phi) is 4.74. The van der Waals surface area contributed by atoms with Crippen LogP contribution in [0.3, 0.4) is 0 Å². The molecule has 3 heterocycles. The van der Waals surface area contributed by atoms with Gasteiger partial charge in [0.1, 0.15) is 18.4 Å². The van der Waals surface area contributed by atoms with Crippen LogP contribution >= 0.6 is 15.9 Å². The summed E-state index contributed by atoms with van der Waals surface area (Å²) in [4.78, 5) is 17.4. The second-order valence-corrected chi connectivity index (χ2v) is 8.12. The van der Waals surface area contributed by atoms with Crippen LogP contribution in [0.5, 0.6) is 0 Å². The highest BCUT2D eigenvalue weighted by Gasteiger charge is 2.15. The molecule has 9 heteroatoms. The Morgan fingerprint density at radius 2 is 1.90 bits per heavy atom. The van der Waals surface area contributed by atoms with Gasteiger partial charge in [-0.25, -0.2) is 9.20 Å². The van der Waals surface area contributed by atoms with E-state index in [4.69, 9.17) is 4.52 Å². The molecule has 0 unspecified atom stereocenters. The fourth-order valence-corrected chi connectivity index (χ4v) is 3.94. The standard InChI is InChI=1S/C22H17BrN6O2/c1-13-7-8-15(14(2)9-13)18-10-19-22(30)28(24-12-29(19)26-18)11-20-25-21(27-31-20)16-5-3-4-6-17(16)23/h3-10,12H,11H2,1-2H3. The number of nitrogens with zero attached hydrogens (tertiary/aromatic N) is 6. The van der Waals surface area contributed by atoms with Gasteiger partial charge in [0.25, 0.3) is 5.56 Å². The van der Waals surface area contributed by atoms with E-state index < -0.39 is 0 Å². The average molecular weight is 477 g/mol. The number of hydrogen-bond acceptors (Lipinski definition) is 6. The number of aromatic nitrogens is 6. The predicted molar refractivity (Wildman–Crippen MR) is 119 cm³/mol. The highest BCUT2D eigenvalue weighted by atomic mass is 79.9. The summed E-state index contributed by atoms with van der Waals surface area (Å²) in [5.41, 5.74) is 4.93. The van der Waals surface area contributed by atoms with E-state index in [0.717, 1.165) is 26.9 Å². The maximum atomic E-state index is 13.0. The lowest BCUT2D eigenvalue weighted by molar-refractivity contribution is 0.362. The third-order valence-corrected chi connectivity index (χ3v) is 5.71. The molecule has 0 spiro atoms. The molecule has 31 heavy (non-hydrogen) atoms. The SMILES string of the molecule is Cc1ccc(-c2cc3c(=O)n(Cc4nc(-c5ccccc5Br)no4)ncn3n2)c(C)c1. The minimum atomic E-state index is -0.286. The third-order valence-electron chi connectivity index (χ3n) is 5.02. The molecule has 0 aliphatic rings. The van der Waals surface area contributed by atoms with Crippen LogP contribution in [0.15, 0.2) is 68.6 Å². The summed E-state index contributed by atoms with van der Waals surface area (Å²) in [6.07, 6.45) is 1.51. The van der Waals surface area contributed by atoms with E-state index in [1.165, 1.54) is 21.1 Å². The Balaban J connectivity index is 1.48. The second-order valence-electron chi connectivity index (χ2n) is 7.26. The Hall–Kier alpha value is -3.59. The molecule has 0 saturated heterocycles. The lowest BCUT2D eigenvalue weighted by atomic mass is 10.0. The molecule has 0 atom stereocenters. The average Bonchev–Trinajstić information content (AvgIpc) is 3.38. The number of aryl methyl sites for hydroxylation is 2. The van der Waals surface area contributed by atoms with E-state index in [1.807, 2.05) is 50.2 Å². The van der Waals surface area contributed by atoms with Crippen molar-refractivity contribution in [3.63, 3.8) is 0 Å². The Labute approximate surface area is 185 Å². The molecule has 0 aliphatic carbocycles. The van der Waals surface area contributed by atoms with Gasteiger partial charge in [-0.15, -0.1) is 0 Å². The van der Waals surface area contributed by atoms with E-state index >= 15 is 0 Å². The Morgan fingerprint density at radius 1 is 1.06 bits per heavy atom. The van der Waals surface area contributed by atoms with Crippen LogP contribution in [-0.2, 0) is 6.54 Å². The first kappa shape index (κ1) is 19.4. The molecule has 154 valence electrons. The first-order valence-corrected chi connectivity index (χ1v) is 10.4. The van der Waals surface area contributed by atoms with Gasteiger partial charge in [-0.1, -0.05) is 57.0 Å². The molecule has 5 rings (SSSR count). The summed E-state index contributed by atoms with van der Waals surface area (Å²) < 4.78 is 8.99. The van der Waals surface area contributed by atoms with E-state index in [0.29, 0.717) is 17.2 Å². The van der Waals surface area contributed by atoms with Crippen molar-refractivity contribution < 1.29 is 4.52 Å². The van der Waals surface area contributed by atoms with Crippen molar-refractivity contribution in [2.75, 3.05) is 0 Å². The number of hydrogen-bond donors (Lipinski definition) is 0. The van der Waals surface area contributed by atoms with Gasteiger partial charge in [0, 0.05) is 15.6 Å². The number of fused-ring (bicyclic) bond motifs is 1. The van der Waals surface area contributed by atoms with E-state index in [-0.39, 0.29) is 12.1 Å². The molecule has 0 N–H and O–H groups in total. The Bertz CT molecular complexity index is 1480. The Morgan fingerprint density at radius 3 is 2.71 bits per heavy atom. The molecule has 0 saturated carbocycles. The van der Waals surface area contributed by atoms with Crippen molar-refractivity contribution in [3.05, 3.63) is 86.7 Å². The fourth-order valence-electron chi connectivity index (χ4n) is 3.48. The number of benzene rings is 2. The quantitative estimate of drug-likeness (QED) is 0.388. The summed E-state index contributed by atoms with van der Waals surface area (Å²) in [5, 5.41) is 12.8. The van der Waals surface area contributed by atoms with Crippen LogP contribution in [0.2, 0.25) is 0 Å². The van der Waals surface area contributed by atoms with E-state index in [1.54, 1.807) is 6.07 Å². The molecular weight excluding hydrogens is 460 g/mol. The molecule has 5 aromatic rings. The van der Waals surface area contributed by atoms with Crippen molar-refractivity contribution in [1.82, 2.24) is 29.5 Å². The van der Waals surface area contributed by atoms with Crippen molar-refractivity contribution in [2.24, 2.45) is 0 Å². The van der Waals surface area contributed by atoms with Gasteiger partial charge < -0.3 is 4.52 Å². The van der Waals surface area contributed by atoms with E-state index in [9.17, 15) is 4.79 Å². The van der Waals surface area contributed by atoms with Crippen LogP contribution < -0.4 is 5.56 Å². The van der Waals surface area contributed by atoms with Crippen LogP contribution in [0.4, 0.5) is 0 Å². The third kappa shape index (κ3) is 3.57. The molecule has 3 aromatic heterocycles. The minimum Gasteiger partial charge on any atom is -0.337 e. The van der Waals surface area contributed by atoms with Gasteiger partial charge in [0.05, 0.1) is 5.69 Å². The van der Waals surface area contributed by atoms with E-state index in [2.05, 4.69) is 42.3 Å². The van der Waals surface area contributed by atoms with Gasteiger partial charge >= 0.3 is 0 Å². The van der Waals surface area contributed by atoms with Crippen LogP contribution in [-0.4, -0.2) is 29.5 Å². The first-order valence-electron chi connectivity index (χ1n) is 9.60. The van der Waals surface area contributed by atoms with Crippen molar-refractivity contribution in [3.8, 4) is 22.6 Å². The number of halogens is 1. The monoisotopic (exact) mass is 476 g/mol. The molecule has 0 fully saturated rings. The summed E-state index contributed by atoms with van der Waals surface area (Å²) >= 11 is 3.48. The van der Waals surface area contributed by atoms with Gasteiger partial charge in [0.15, 0.2) is 0 Å². The first-order chi connectivity index (χ1) is 15.0. The molecule has 0 radical (unpaired) electrons. The maximum Gasteiger partial charge on any atom is 0.293 e. The fraction of sp³-hybridized carbons (Fsp3) is 0.136. The number of rotatable bonds is 4. The largest absolute Gasteiger partial charge is 0.337 e. The predicted octanol–water partition coefficient (Wildman–Crippen LogP) is 4.04. The van der Waals surface area contributed by atoms with Crippen LogP contribution in [0, 0.1) is 13.8 Å². The van der Waals surface area contributed by atoms with Gasteiger partial charge in [0.2, 0.25) is 11.7 Å². The van der Waals surface area contributed by atoms with Crippen LogP contribution in [0.1, 0.15) is 17.0 Å². The van der Waals surface area contributed by atoms with Gasteiger partial charge in [-0.3, -0.25) is 4.79 Å². The highest BCUT2D eigenvalue weighted by molar-refractivity contribution is 9.10. The normalized spacial score (nSPS) is 11.3. The highest BCUT2D eigenvalue weighted by Crippen LogP contribution is 2.26. The molecule has 8 nitrogen and oxygen atoms in total. The molecule has 2 aromatic carbocycles. The lowest BCUT2D eigenvalue weighted by Crippen LogP contribution is -2.25. The van der Waals surface area contributed by atoms with Gasteiger partial charge in [-0.2, -0.15) is 15.2 Å². The van der Waals surface area contributed by atoms with Crippen LogP contribution in [0.25, 0.3) is 28.2 Å². The molecule has 0 bridgehead atoms. The zero-order valence-electron chi connectivity index (χ0n) is 16.8. The minimum absolute atomic E-state index is 0.0663. The van der Waals surface area contributed by atoms with Crippen molar-refractivity contribution in [2.45, 2.75) is 20.4 Å². The second kappa shape index (κ2) is 7.59. The molecule has 0 aliphatic heterocycles. The smallest absolute Gasteiger partial charge is 0.293 e. The molecule has 0 amide bonds. The summed E-state index contributed by atoms with van der Waals surface area (Å²) in [7, 11) is 0. The van der Waals surface area contributed by atoms with Crippen molar-refractivity contribution >= 4 is 21.4 Å². The van der Waals surface area contributed by atoms with Crippen molar-refractivity contribution in [1.29, 1.82) is 0 Å². The van der Waals surface area contributed by atoms with Gasteiger partial charge in [-0.05, 0) is 37.6 Å². The molecular formula is C22H17BrN6O2. The lowest BCUT2D eigenvalue weighted by Gasteiger charge is -2.02. The zero-order valence-corrected chi connectivity index (χ0v) is 18.4.